The number of ether oxygens (including phenoxy) is 2. The molecular weight excluding hydrogens is 394 g/mol. The van der Waals surface area contributed by atoms with Crippen molar-refractivity contribution in [2.75, 3.05) is 13.4 Å². The van der Waals surface area contributed by atoms with Crippen LogP contribution in [0.4, 0.5) is 0 Å². The molecule has 0 aliphatic carbocycles. The number of hydrogen-bond acceptors (Lipinski definition) is 6. The van der Waals surface area contributed by atoms with Crippen LogP contribution < -0.4 is 9.47 Å². The van der Waals surface area contributed by atoms with Crippen LogP contribution in [0.5, 0.6) is 11.5 Å². The van der Waals surface area contributed by atoms with Gasteiger partial charge in [0.15, 0.2) is 21.8 Å². The Balaban J connectivity index is 1.92. The van der Waals surface area contributed by atoms with Gasteiger partial charge >= 0.3 is 0 Å². The average Bonchev–Trinajstić information content (AvgIpc) is 2.72. The maximum Gasteiger partial charge on any atom is 0.189 e. The molecule has 0 saturated carbocycles. The van der Waals surface area contributed by atoms with Crippen molar-refractivity contribution in [2.24, 2.45) is 0 Å². The number of nitriles is 1. The highest BCUT2D eigenvalue weighted by molar-refractivity contribution is 7.98. The molecule has 0 saturated heterocycles. The highest BCUT2D eigenvalue weighted by Gasteiger charge is 2.16. The monoisotopic (exact) mass is 411 g/mol. The minimum Gasteiger partial charge on any atom is -0.493 e. The molecular formula is C21H18ClN3O2S. The molecule has 0 N–H and O–H groups in total. The van der Waals surface area contributed by atoms with Crippen LogP contribution in [0.15, 0.2) is 47.6 Å². The highest BCUT2D eigenvalue weighted by atomic mass is 35.5. The topological polar surface area (TPSA) is 68.0 Å². The summed E-state index contributed by atoms with van der Waals surface area (Å²) < 4.78 is 11.4. The van der Waals surface area contributed by atoms with Crippen molar-refractivity contribution >= 4 is 23.4 Å². The molecule has 0 unspecified atom stereocenters. The van der Waals surface area contributed by atoms with Gasteiger partial charge in [0, 0.05) is 5.56 Å². The predicted molar refractivity (Wildman–Crippen MR) is 111 cm³/mol. The van der Waals surface area contributed by atoms with E-state index in [1.54, 1.807) is 19.2 Å². The zero-order valence-corrected chi connectivity index (χ0v) is 17.3. The second-order valence-electron chi connectivity index (χ2n) is 5.98. The molecule has 5 nitrogen and oxygen atoms in total. The van der Waals surface area contributed by atoms with Crippen molar-refractivity contribution in [3.8, 4) is 28.8 Å². The fourth-order valence-corrected chi connectivity index (χ4v) is 3.22. The molecule has 0 amide bonds. The summed E-state index contributed by atoms with van der Waals surface area (Å²) in [7, 11) is 1.57. The largest absolute Gasteiger partial charge is 0.493 e. The summed E-state index contributed by atoms with van der Waals surface area (Å²) in [6.45, 7) is 2.47. The third kappa shape index (κ3) is 4.38. The molecule has 0 fully saturated rings. The molecule has 142 valence electrons. The molecule has 0 radical (unpaired) electrons. The minimum absolute atomic E-state index is 0.135. The number of nitrogens with zero attached hydrogens (tertiary/aromatic N) is 3. The van der Waals surface area contributed by atoms with Gasteiger partial charge in [-0.3, -0.25) is 0 Å². The molecule has 0 aliphatic heterocycles. The number of aryl methyl sites for hydroxylation is 1. The van der Waals surface area contributed by atoms with Crippen LogP contribution >= 0.6 is 23.4 Å². The number of hydrogen-bond donors (Lipinski definition) is 0. The lowest BCUT2D eigenvalue weighted by atomic mass is 10.1. The standard InChI is InChI=1S/C21H18ClN3O2S/c1-13-4-6-14(7-5-13)12-27-17-9-8-15(10-18(17)26-2)19-16(11-23)20(22)25-21(24-19)28-3/h4-10H,12H2,1-3H3. The molecule has 1 aromatic heterocycles. The van der Waals surface area contributed by atoms with Gasteiger partial charge in [-0.2, -0.15) is 5.26 Å². The Hall–Kier alpha value is -2.75. The van der Waals surface area contributed by atoms with E-state index in [1.165, 1.54) is 17.3 Å². The van der Waals surface area contributed by atoms with Gasteiger partial charge in [-0.1, -0.05) is 53.2 Å². The van der Waals surface area contributed by atoms with E-state index in [0.717, 1.165) is 5.56 Å². The van der Waals surface area contributed by atoms with Gasteiger partial charge in [0.25, 0.3) is 0 Å². The molecule has 2 aromatic carbocycles. The summed E-state index contributed by atoms with van der Waals surface area (Å²) in [5.74, 6) is 1.16. The molecule has 3 rings (SSSR count). The van der Waals surface area contributed by atoms with E-state index in [-0.39, 0.29) is 10.7 Å². The number of aromatic nitrogens is 2. The summed E-state index contributed by atoms with van der Waals surface area (Å²) in [6.07, 6.45) is 1.85. The molecule has 0 atom stereocenters. The van der Waals surface area contributed by atoms with Crippen molar-refractivity contribution < 1.29 is 9.47 Å². The van der Waals surface area contributed by atoms with Crippen LogP contribution in [0.25, 0.3) is 11.3 Å². The lowest BCUT2D eigenvalue weighted by molar-refractivity contribution is 0.284. The molecule has 0 spiro atoms. The van der Waals surface area contributed by atoms with Crippen LogP contribution in [0.3, 0.4) is 0 Å². The fraction of sp³-hybridized carbons (Fsp3) is 0.190. The number of methoxy groups -OCH3 is 1. The molecule has 0 aliphatic rings. The van der Waals surface area contributed by atoms with Crippen molar-refractivity contribution in [1.29, 1.82) is 5.26 Å². The third-order valence-electron chi connectivity index (χ3n) is 4.09. The van der Waals surface area contributed by atoms with E-state index in [1.807, 2.05) is 43.5 Å². The Morgan fingerprint density at radius 3 is 2.50 bits per heavy atom. The fourth-order valence-electron chi connectivity index (χ4n) is 2.59. The molecule has 7 heteroatoms. The summed E-state index contributed by atoms with van der Waals surface area (Å²) in [4.78, 5) is 8.57. The predicted octanol–water partition coefficient (Wildman–Crippen LogP) is 5.29. The first-order valence-electron chi connectivity index (χ1n) is 8.44. The molecule has 1 heterocycles. The number of halogens is 1. The van der Waals surface area contributed by atoms with E-state index in [4.69, 9.17) is 21.1 Å². The Bertz CT molecular complexity index is 1030. The van der Waals surface area contributed by atoms with Crippen LogP contribution in [0.2, 0.25) is 5.15 Å². The van der Waals surface area contributed by atoms with E-state index in [9.17, 15) is 5.26 Å². The summed E-state index contributed by atoms with van der Waals surface area (Å²) in [5, 5.41) is 10.1. The first-order valence-corrected chi connectivity index (χ1v) is 10.0. The maximum atomic E-state index is 9.46. The Labute approximate surface area is 173 Å². The SMILES string of the molecule is COc1cc(-c2nc(SC)nc(Cl)c2C#N)ccc1OCc1ccc(C)cc1. The Morgan fingerprint density at radius 1 is 1.11 bits per heavy atom. The maximum absolute atomic E-state index is 9.46. The Morgan fingerprint density at radius 2 is 1.86 bits per heavy atom. The highest BCUT2D eigenvalue weighted by Crippen LogP contribution is 2.35. The zero-order valence-electron chi connectivity index (χ0n) is 15.7. The van der Waals surface area contributed by atoms with Crippen molar-refractivity contribution in [1.82, 2.24) is 9.97 Å². The van der Waals surface area contributed by atoms with E-state index in [2.05, 4.69) is 16.0 Å². The number of rotatable bonds is 6. The molecule has 3 aromatic rings. The zero-order chi connectivity index (χ0) is 20.1. The quantitative estimate of drug-likeness (QED) is 0.312. The van der Waals surface area contributed by atoms with Gasteiger partial charge in [-0.15, -0.1) is 0 Å². The first-order chi connectivity index (χ1) is 13.5. The van der Waals surface area contributed by atoms with Crippen LogP contribution in [-0.2, 0) is 6.61 Å². The van der Waals surface area contributed by atoms with Gasteiger partial charge in [0.05, 0.1) is 12.8 Å². The smallest absolute Gasteiger partial charge is 0.189 e. The summed E-state index contributed by atoms with van der Waals surface area (Å²) in [5.41, 5.74) is 3.67. The molecule has 28 heavy (non-hydrogen) atoms. The lowest BCUT2D eigenvalue weighted by Gasteiger charge is -2.13. The summed E-state index contributed by atoms with van der Waals surface area (Å²) in [6, 6.07) is 15.7. The second kappa shape index (κ2) is 8.96. The second-order valence-corrected chi connectivity index (χ2v) is 7.11. The van der Waals surface area contributed by atoms with Gasteiger partial charge in [0.2, 0.25) is 0 Å². The van der Waals surface area contributed by atoms with E-state index >= 15 is 0 Å². The van der Waals surface area contributed by atoms with Gasteiger partial charge in [0.1, 0.15) is 18.2 Å². The van der Waals surface area contributed by atoms with Crippen LogP contribution in [-0.4, -0.2) is 23.3 Å². The minimum atomic E-state index is 0.135. The normalized spacial score (nSPS) is 10.4. The number of thioether (sulfide) groups is 1. The molecule has 0 bridgehead atoms. The Kier molecular flexibility index (Phi) is 6.40. The number of benzene rings is 2. The van der Waals surface area contributed by atoms with Gasteiger partial charge in [-0.25, -0.2) is 9.97 Å². The van der Waals surface area contributed by atoms with Crippen LogP contribution in [0, 0.1) is 18.3 Å². The van der Waals surface area contributed by atoms with Crippen molar-refractivity contribution in [3.05, 3.63) is 64.3 Å². The average molecular weight is 412 g/mol. The lowest BCUT2D eigenvalue weighted by Crippen LogP contribution is -2.00. The first kappa shape index (κ1) is 20.0. The van der Waals surface area contributed by atoms with E-state index in [0.29, 0.717) is 34.5 Å². The van der Waals surface area contributed by atoms with Gasteiger partial charge < -0.3 is 9.47 Å². The van der Waals surface area contributed by atoms with Crippen molar-refractivity contribution in [3.63, 3.8) is 0 Å². The van der Waals surface area contributed by atoms with Crippen molar-refractivity contribution in [2.45, 2.75) is 18.7 Å². The van der Waals surface area contributed by atoms with E-state index < -0.39 is 0 Å². The van der Waals surface area contributed by atoms with Gasteiger partial charge in [-0.05, 0) is 36.9 Å². The third-order valence-corrected chi connectivity index (χ3v) is 4.91. The summed E-state index contributed by atoms with van der Waals surface area (Å²) >= 11 is 7.51. The van der Waals surface area contributed by atoms with Crippen LogP contribution in [0.1, 0.15) is 16.7 Å².